The van der Waals surface area contributed by atoms with Crippen molar-refractivity contribution in [2.45, 2.75) is 13.0 Å². The van der Waals surface area contributed by atoms with Crippen LogP contribution in [0.25, 0.3) is 0 Å². The molecule has 1 aromatic rings. The minimum Gasteiger partial charge on any atom is -0.314 e. The number of nitrogens with one attached hydrogen (secondary N) is 1. The standard InChI is InChI=1S/C9H15N3S/c1-8(9-11-4-7-13-9)12-5-2-10-3-6-12/h4,7-8,10H,2-3,5-6H2,1H3. The third-order valence-corrected chi connectivity index (χ3v) is 3.45. The van der Waals surface area contributed by atoms with Crippen molar-refractivity contribution in [3.8, 4) is 0 Å². The maximum absolute atomic E-state index is 4.35. The molecule has 1 aliphatic heterocycles. The van der Waals surface area contributed by atoms with Crippen LogP contribution in [0.5, 0.6) is 0 Å². The Labute approximate surface area is 82.8 Å². The number of hydrogen-bond donors (Lipinski definition) is 1. The molecular weight excluding hydrogens is 182 g/mol. The number of nitrogens with zero attached hydrogens (tertiary/aromatic N) is 2. The van der Waals surface area contributed by atoms with Crippen molar-refractivity contribution in [2.24, 2.45) is 0 Å². The molecule has 0 spiro atoms. The number of hydrogen-bond acceptors (Lipinski definition) is 4. The van der Waals surface area contributed by atoms with Gasteiger partial charge in [-0.25, -0.2) is 4.98 Å². The molecule has 0 aliphatic carbocycles. The summed E-state index contributed by atoms with van der Waals surface area (Å²) in [5.41, 5.74) is 0. The fraction of sp³-hybridized carbons (Fsp3) is 0.667. The maximum atomic E-state index is 4.35. The van der Waals surface area contributed by atoms with Crippen molar-refractivity contribution in [1.82, 2.24) is 15.2 Å². The van der Waals surface area contributed by atoms with Crippen molar-refractivity contribution in [2.75, 3.05) is 26.2 Å². The summed E-state index contributed by atoms with van der Waals surface area (Å²) in [6.45, 7) is 6.73. The molecule has 1 aliphatic rings. The highest BCUT2D eigenvalue weighted by Crippen LogP contribution is 2.21. The van der Waals surface area contributed by atoms with Crippen LogP contribution < -0.4 is 5.32 Å². The Kier molecular flexibility index (Phi) is 2.93. The average Bonchev–Trinajstić information content (AvgIpc) is 2.71. The SMILES string of the molecule is CC(c1nccs1)N1CCNCC1. The van der Waals surface area contributed by atoms with Crippen LogP contribution in [0.2, 0.25) is 0 Å². The second kappa shape index (κ2) is 4.17. The van der Waals surface area contributed by atoms with E-state index in [2.05, 4.69) is 22.1 Å². The zero-order valence-electron chi connectivity index (χ0n) is 7.86. The van der Waals surface area contributed by atoms with Gasteiger partial charge in [0, 0.05) is 37.8 Å². The highest BCUT2D eigenvalue weighted by Gasteiger charge is 2.19. The molecular formula is C9H15N3S. The predicted octanol–water partition coefficient (Wildman–Crippen LogP) is 1.11. The Balaban J connectivity index is 1.99. The summed E-state index contributed by atoms with van der Waals surface area (Å²) in [5, 5.41) is 6.64. The van der Waals surface area contributed by atoms with E-state index in [1.807, 2.05) is 11.6 Å². The molecule has 1 atom stereocenters. The van der Waals surface area contributed by atoms with Gasteiger partial charge in [-0.05, 0) is 6.92 Å². The fourth-order valence-electron chi connectivity index (χ4n) is 1.67. The third kappa shape index (κ3) is 2.07. The molecule has 0 aromatic carbocycles. The summed E-state index contributed by atoms with van der Waals surface area (Å²) in [4.78, 5) is 6.83. The fourth-order valence-corrected chi connectivity index (χ4v) is 2.40. The zero-order chi connectivity index (χ0) is 9.10. The van der Waals surface area contributed by atoms with Gasteiger partial charge in [-0.15, -0.1) is 11.3 Å². The summed E-state index contributed by atoms with van der Waals surface area (Å²) in [6.07, 6.45) is 1.89. The molecule has 4 heteroatoms. The van der Waals surface area contributed by atoms with Crippen molar-refractivity contribution in [3.05, 3.63) is 16.6 Å². The van der Waals surface area contributed by atoms with E-state index >= 15 is 0 Å². The van der Waals surface area contributed by atoms with Gasteiger partial charge in [-0.2, -0.15) is 0 Å². The average molecular weight is 197 g/mol. The summed E-state index contributed by atoms with van der Waals surface area (Å²) in [5.74, 6) is 0. The van der Waals surface area contributed by atoms with Crippen LogP contribution in [-0.4, -0.2) is 36.1 Å². The maximum Gasteiger partial charge on any atom is 0.109 e. The van der Waals surface area contributed by atoms with E-state index in [0.29, 0.717) is 6.04 Å². The van der Waals surface area contributed by atoms with Gasteiger partial charge in [0.2, 0.25) is 0 Å². The minimum absolute atomic E-state index is 0.488. The molecule has 1 unspecified atom stereocenters. The van der Waals surface area contributed by atoms with E-state index in [1.54, 1.807) is 11.3 Å². The highest BCUT2D eigenvalue weighted by atomic mass is 32.1. The molecule has 1 N–H and O–H groups in total. The van der Waals surface area contributed by atoms with E-state index in [1.165, 1.54) is 5.01 Å². The van der Waals surface area contributed by atoms with E-state index in [0.717, 1.165) is 26.2 Å². The van der Waals surface area contributed by atoms with Crippen LogP contribution in [0.15, 0.2) is 11.6 Å². The summed E-state index contributed by atoms with van der Waals surface area (Å²) < 4.78 is 0. The Morgan fingerprint density at radius 3 is 2.92 bits per heavy atom. The lowest BCUT2D eigenvalue weighted by molar-refractivity contribution is 0.185. The molecule has 0 amide bonds. The van der Waals surface area contributed by atoms with Crippen LogP contribution >= 0.6 is 11.3 Å². The minimum atomic E-state index is 0.488. The van der Waals surface area contributed by atoms with Crippen molar-refractivity contribution in [1.29, 1.82) is 0 Å². The number of aromatic nitrogens is 1. The van der Waals surface area contributed by atoms with E-state index < -0.39 is 0 Å². The first-order valence-corrected chi connectivity index (χ1v) is 5.60. The molecule has 0 bridgehead atoms. The van der Waals surface area contributed by atoms with Crippen molar-refractivity contribution < 1.29 is 0 Å². The van der Waals surface area contributed by atoms with Gasteiger partial charge >= 0.3 is 0 Å². The van der Waals surface area contributed by atoms with Crippen LogP contribution in [0, 0.1) is 0 Å². The molecule has 2 heterocycles. The van der Waals surface area contributed by atoms with Crippen LogP contribution in [0.1, 0.15) is 18.0 Å². The second-order valence-corrected chi connectivity index (χ2v) is 4.26. The lowest BCUT2D eigenvalue weighted by Gasteiger charge is -2.31. The number of rotatable bonds is 2. The van der Waals surface area contributed by atoms with Gasteiger partial charge in [0.25, 0.3) is 0 Å². The van der Waals surface area contributed by atoms with Gasteiger partial charge in [0.1, 0.15) is 5.01 Å². The quantitative estimate of drug-likeness (QED) is 0.770. The van der Waals surface area contributed by atoms with E-state index in [-0.39, 0.29) is 0 Å². The first-order valence-electron chi connectivity index (χ1n) is 4.72. The summed E-state index contributed by atoms with van der Waals surface area (Å²) in [6, 6.07) is 0.488. The van der Waals surface area contributed by atoms with Crippen LogP contribution in [-0.2, 0) is 0 Å². The van der Waals surface area contributed by atoms with Gasteiger partial charge < -0.3 is 5.32 Å². The lowest BCUT2D eigenvalue weighted by atomic mass is 10.2. The second-order valence-electron chi connectivity index (χ2n) is 3.33. The first kappa shape index (κ1) is 9.12. The zero-order valence-corrected chi connectivity index (χ0v) is 8.68. The van der Waals surface area contributed by atoms with Gasteiger partial charge in [-0.3, -0.25) is 4.90 Å². The number of piperazine rings is 1. The Morgan fingerprint density at radius 2 is 2.31 bits per heavy atom. The summed E-state index contributed by atoms with van der Waals surface area (Å²) >= 11 is 1.75. The van der Waals surface area contributed by atoms with Crippen LogP contribution in [0.4, 0.5) is 0 Å². The van der Waals surface area contributed by atoms with Crippen LogP contribution in [0.3, 0.4) is 0 Å². The molecule has 1 fully saturated rings. The Hall–Kier alpha value is -0.450. The largest absolute Gasteiger partial charge is 0.314 e. The molecule has 72 valence electrons. The van der Waals surface area contributed by atoms with Crippen molar-refractivity contribution >= 4 is 11.3 Å². The number of thiazole rings is 1. The Morgan fingerprint density at radius 1 is 1.54 bits per heavy atom. The Bertz CT molecular complexity index is 241. The molecule has 0 saturated carbocycles. The van der Waals surface area contributed by atoms with Gasteiger partial charge in [0.05, 0.1) is 6.04 Å². The monoisotopic (exact) mass is 197 g/mol. The molecule has 13 heavy (non-hydrogen) atoms. The molecule has 3 nitrogen and oxygen atoms in total. The topological polar surface area (TPSA) is 28.2 Å². The smallest absolute Gasteiger partial charge is 0.109 e. The first-order chi connectivity index (χ1) is 6.38. The molecule has 1 saturated heterocycles. The third-order valence-electron chi connectivity index (χ3n) is 2.51. The predicted molar refractivity (Wildman–Crippen MR) is 55.0 cm³/mol. The van der Waals surface area contributed by atoms with Gasteiger partial charge in [0.15, 0.2) is 0 Å². The highest BCUT2D eigenvalue weighted by molar-refractivity contribution is 7.09. The van der Waals surface area contributed by atoms with E-state index in [9.17, 15) is 0 Å². The van der Waals surface area contributed by atoms with Crippen molar-refractivity contribution in [3.63, 3.8) is 0 Å². The molecule has 0 radical (unpaired) electrons. The van der Waals surface area contributed by atoms with E-state index in [4.69, 9.17) is 0 Å². The summed E-state index contributed by atoms with van der Waals surface area (Å²) in [7, 11) is 0. The van der Waals surface area contributed by atoms with Gasteiger partial charge in [-0.1, -0.05) is 0 Å². The molecule has 2 rings (SSSR count). The molecule has 1 aromatic heterocycles. The normalized spacial score (nSPS) is 21.6. The lowest BCUT2D eigenvalue weighted by Crippen LogP contribution is -2.44.